The standard InChI is InChI=1S/C12H22N2O2S/c13-10-3-1-9(2-4-10)12(15)14-11-5-7-17(16)8-6-11/h9-11H,1-8,13H2,(H,14,15). The lowest BCUT2D eigenvalue weighted by Gasteiger charge is -2.28. The maximum atomic E-state index is 12.0. The third-order valence-electron chi connectivity index (χ3n) is 3.88. The third-order valence-corrected chi connectivity index (χ3v) is 5.26. The predicted octanol–water partition coefficient (Wildman–Crippen LogP) is 0.531. The zero-order valence-electron chi connectivity index (χ0n) is 10.2. The fraction of sp³-hybridized carbons (Fsp3) is 0.917. The number of hydrogen-bond acceptors (Lipinski definition) is 3. The van der Waals surface area contributed by atoms with E-state index in [1.807, 2.05) is 0 Å². The lowest BCUT2D eigenvalue weighted by molar-refractivity contribution is -0.126. The van der Waals surface area contributed by atoms with Crippen molar-refractivity contribution in [3.63, 3.8) is 0 Å². The number of nitrogens with two attached hydrogens (primary N) is 1. The molecule has 1 heterocycles. The van der Waals surface area contributed by atoms with Crippen LogP contribution in [0.3, 0.4) is 0 Å². The molecule has 98 valence electrons. The topological polar surface area (TPSA) is 72.2 Å². The normalized spacial score (nSPS) is 38.6. The number of nitrogens with one attached hydrogen (secondary N) is 1. The summed E-state index contributed by atoms with van der Waals surface area (Å²) in [6, 6.07) is 0.534. The van der Waals surface area contributed by atoms with E-state index in [2.05, 4.69) is 5.32 Å². The average Bonchev–Trinajstić information content (AvgIpc) is 2.33. The lowest BCUT2D eigenvalue weighted by atomic mass is 9.85. The predicted molar refractivity (Wildman–Crippen MR) is 69.0 cm³/mol. The molecule has 0 aromatic carbocycles. The summed E-state index contributed by atoms with van der Waals surface area (Å²) < 4.78 is 11.2. The monoisotopic (exact) mass is 258 g/mol. The van der Waals surface area contributed by atoms with Crippen molar-refractivity contribution in [2.24, 2.45) is 11.7 Å². The van der Waals surface area contributed by atoms with Crippen molar-refractivity contribution in [2.45, 2.75) is 50.6 Å². The average molecular weight is 258 g/mol. The minimum Gasteiger partial charge on any atom is -0.353 e. The Kier molecular flexibility index (Phi) is 4.56. The molecule has 17 heavy (non-hydrogen) atoms. The molecular formula is C12H22N2O2S. The van der Waals surface area contributed by atoms with Gasteiger partial charge in [0.15, 0.2) is 0 Å². The van der Waals surface area contributed by atoms with E-state index in [9.17, 15) is 9.00 Å². The van der Waals surface area contributed by atoms with Crippen LogP contribution in [-0.2, 0) is 15.6 Å². The Bertz CT molecular complexity index is 291. The van der Waals surface area contributed by atoms with Crippen molar-refractivity contribution in [3.05, 3.63) is 0 Å². The van der Waals surface area contributed by atoms with Gasteiger partial charge >= 0.3 is 0 Å². The maximum Gasteiger partial charge on any atom is 0.223 e. The van der Waals surface area contributed by atoms with Crippen LogP contribution in [0.5, 0.6) is 0 Å². The van der Waals surface area contributed by atoms with Gasteiger partial charge < -0.3 is 11.1 Å². The first kappa shape index (κ1) is 13.0. The highest BCUT2D eigenvalue weighted by Gasteiger charge is 2.27. The fourth-order valence-corrected chi connectivity index (χ4v) is 3.94. The molecule has 1 saturated carbocycles. The van der Waals surface area contributed by atoms with Crippen LogP contribution in [-0.4, -0.2) is 33.7 Å². The Hall–Kier alpha value is -0.420. The van der Waals surface area contributed by atoms with Gasteiger partial charge in [-0.3, -0.25) is 9.00 Å². The van der Waals surface area contributed by atoms with E-state index >= 15 is 0 Å². The first-order valence-electron chi connectivity index (χ1n) is 6.56. The SMILES string of the molecule is NC1CCC(C(=O)NC2CCS(=O)CC2)CC1. The van der Waals surface area contributed by atoms with Gasteiger partial charge in [0.25, 0.3) is 0 Å². The van der Waals surface area contributed by atoms with Crippen LogP contribution in [0.15, 0.2) is 0 Å². The second-order valence-corrected chi connectivity index (χ2v) is 6.94. The molecule has 0 unspecified atom stereocenters. The summed E-state index contributed by atoms with van der Waals surface area (Å²) in [6.45, 7) is 0. The van der Waals surface area contributed by atoms with Gasteiger partial charge in [0.05, 0.1) is 0 Å². The van der Waals surface area contributed by atoms with Crippen LogP contribution < -0.4 is 11.1 Å². The van der Waals surface area contributed by atoms with Crippen LogP contribution in [0.25, 0.3) is 0 Å². The quantitative estimate of drug-likeness (QED) is 0.759. The minimum atomic E-state index is -0.653. The molecule has 0 spiro atoms. The van der Waals surface area contributed by atoms with Crippen molar-refractivity contribution in [2.75, 3.05) is 11.5 Å². The van der Waals surface area contributed by atoms with Crippen LogP contribution in [0.1, 0.15) is 38.5 Å². The van der Waals surface area contributed by atoms with E-state index in [-0.39, 0.29) is 23.9 Å². The Morgan fingerprint density at radius 2 is 1.65 bits per heavy atom. The molecule has 2 fully saturated rings. The fourth-order valence-electron chi connectivity index (χ4n) is 2.64. The first-order valence-corrected chi connectivity index (χ1v) is 8.05. The van der Waals surface area contributed by atoms with Gasteiger partial charge in [-0.2, -0.15) is 0 Å². The van der Waals surface area contributed by atoms with E-state index in [1.54, 1.807) is 0 Å². The van der Waals surface area contributed by atoms with Crippen molar-refractivity contribution in [1.82, 2.24) is 5.32 Å². The van der Waals surface area contributed by atoms with E-state index in [1.165, 1.54) is 0 Å². The van der Waals surface area contributed by atoms with Crippen LogP contribution in [0.4, 0.5) is 0 Å². The molecule has 4 nitrogen and oxygen atoms in total. The van der Waals surface area contributed by atoms with Crippen LogP contribution in [0, 0.1) is 5.92 Å². The summed E-state index contributed by atoms with van der Waals surface area (Å²) >= 11 is 0. The van der Waals surface area contributed by atoms with Crippen molar-refractivity contribution in [1.29, 1.82) is 0 Å². The Morgan fingerprint density at radius 3 is 2.24 bits per heavy atom. The van der Waals surface area contributed by atoms with Gasteiger partial charge in [-0.25, -0.2) is 0 Å². The molecule has 0 aromatic heterocycles. The molecule has 0 radical (unpaired) electrons. The molecule has 2 rings (SSSR count). The molecule has 2 aliphatic rings. The largest absolute Gasteiger partial charge is 0.353 e. The van der Waals surface area contributed by atoms with Gasteiger partial charge in [0.2, 0.25) is 5.91 Å². The second-order valence-electron chi connectivity index (χ2n) is 5.24. The minimum absolute atomic E-state index is 0.155. The maximum absolute atomic E-state index is 12.0. The summed E-state index contributed by atoms with van der Waals surface area (Å²) in [5.74, 6) is 1.82. The Labute approximate surface area is 105 Å². The van der Waals surface area contributed by atoms with E-state index in [0.717, 1.165) is 50.0 Å². The van der Waals surface area contributed by atoms with E-state index in [0.29, 0.717) is 0 Å². The summed E-state index contributed by atoms with van der Waals surface area (Å²) in [5, 5.41) is 3.11. The van der Waals surface area contributed by atoms with Crippen molar-refractivity contribution in [3.8, 4) is 0 Å². The highest BCUT2D eigenvalue weighted by atomic mass is 32.2. The molecule has 0 bridgehead atoms. The third kappa shape index (κ3) is 3.78. The molecule has 1 aliphatic carbocycles. The number of amides is 1. The van der Waals surface area contributed by atoms with Gasteiger partial charge in [-0.05, 0) is 38.5 Å². The van der Waals surface area contributed by atoms with Gasteiger partial charge in [0, 0.05) is 40.3 Å². The summed E-state index contributed by atoms with van der Waals surface area (Å²) in [5.41, 5.74) is 5.83. The van der Waals surface area contributed by atoms with Crippen LogP contribution >= 0.6 is 0 Å². The molecular weight excluding hydrogens is 236 g/mol. The highest BCUT2D eigenvalue weighted by molar-refractivity contribution is 7.85. The van der Waals surface area contributed by atoms with Crippen LogP contribution in [0.2, 0.25) is 0 Å². The number of rotatable bonds is 2. The zero-order chi connectivity index (χ0) is 12.3. The molecule has 0 atom stereocenters. The molecule has 1 aliphatic heterocycles. The van der Waals surface area contributed by atoms with Crippen molar-refractivity contribution < 1.29 is 9.00 Å². The molecule has 1 amide bonds. The summed E-state index contributed by atoms with van der Waals surface area (Å²) in [7, 11) is -0.653. The Balaban J connectivity index is 1.75. The zero-order valence-corrected chi connectivity index (χ0v) is 11.0. The number of carbonyl (C=O) groups excluding carboxylic acids is 1. The summed E-state index contributed by atoms with van der Waals surface area (Å²) in [4.78, 5) is 12.0. The number of hydrogen-bond donors (Lipinski definition) is 2. The van der Waals surface area contributed by atoms with Gasteiger partial charge in [-0.1, -0.05) is 0 Å². The van der Waals surface area contributed by atoms with Gasteiger partial charge in [-0.15, -0.1) is 0 Å². The van der Waals surface area contributed by atoms with Crippen molar-refractivity contribution >= 4 is 16.7 Å². The second kappa shape index (κ2) is 5.96. The first-order chi connectivity index (χ1) is 8.15. The van der Waals surface area contributed by atoms with E-state index < -0.39 is 10.8 Å². The molecule has 5 heteroatoms. The Morgan fingerprint density at radius 1 is 1.06 bits per heavy atom. The summed E-state index contributed by atoms with van der Waals surface area (Å²) in [6.07, 6.45) is 5.51. The smallest absolute Gasteiger partial charge is 0.223 e. The molecule has 0 aromatic rings. The number of carbonyl (C=O) groups is 1. The highest BCUT2D eigenvalue weighted by Crippen LogP contribution is 2.23. The molecule has 3 N–H and O–H groups in total. The lowest BCUT2D eigenvalue weighted by Crippen LogP contribution is -2.44. The van der Waals surface area contributed by atoms with Gasteiger partial charge in [0.1, 0.15) is 0 Å². The van der Waals surface area contributed by atoms with E-state index in [4.69, 9.17) is 5.73 Å². The molecule has 1 saturated heterocycles.